The predicted molar refractivity (Wildman–Crippen MR) is 82.3 cm³/mol. The third-order valence-electron chi connectivity index (χ3n) is 3.21. The van der Waals surface area contributed by atoms with Crippen LogP contribution in [0, 0.1) is 0 Å². The molecule has 0 saturated heterocycles. The van der Waals surface area contributed by atoms with E-state index in [2.05, 4.69) is 20.9 Å². The Bertz CT molecular complexity index is 842. The van der Waals surface area contributed by atoms with Crippen molar-refractivity contribution in [2.24, 2.45) is 0 Å². The molecular formula is C15H11BrN2O3. The summed E-state index contributed by atoms with van der Waals surface area (Å²) in [5.41, 5.74) is 2.59. The molecule has 0 saturated carbocycles. The molecule has 3 aromatic rings. The van der Waals surface area contributed by atoms with Crippen molar-refractivity contribution in [1.29, 1.82) is 0 Å². The van der Waals surface area contributed by atoms with Crippen LogP contribution in [-0.2, 0) is 0 Å². The Balaban J connectivity index is 2.15. The number of carbonyl (C=O) groups is 1. The first-order valence-electron chi connectivity index (χ1n) is 6.14. The molecule has 0 atom stereocenters. The molecule has 0 aliphatic rings. The molecule has 1 N–H and O–H groups in total. The lowest BCUT2D eigenvalue weighted by molar-refractivity contribution is 0.0697. The van der Waals surface area contributed by atoms with Crippen LogP contribution in [0.1, 0.15) is 10.4 Å². The highest BCUT2D eigenvalue weighted by molar-refractivity contribution is 9.10. The van der Waals surface area contributed by atoms with Crippen LogP contribution in [0.5, 0.6) is 5.75 Å². The Labute approximate surface area is 128 Å². The number of carboxylic acid groups (broad SMARTS) is 1. The molecule has 3 rings (SSSR count). The third kappa shape index (κ3) is 2.38. The molecular weight excluding hydrogens is 336 g/mol. The quantitative estimate of drug-likeness (QED) is 0.788. The number of rotatable bonds is 3. The SMILES string of the molecule is COc1cc(-n2cnc3cc(C(=O)O)ccc32)ccc1Br. The molecule has 1 heterocycles. The van der Waals surface area contributed by atoms with Crippen LogP contribution in [0.2, 0.25) is 0 Å². The van der Waals surface area contributed by atoms with Crippen molar-refractivity contribution in [2.75, 3.05) is 7.11 Å². The molecule has 106 valence electrons. The minimum atomic E-state index is -0.961. The van der Waals surface area contributed by atoms with Crippen LogP contribution in [0.25, 0.3) is 16.7 Å². The maximum Gasteiger partial charge on any atom is 0.335 e. The van der Waals surface area contributed by atoms with E-state index in [1.807, 2.05) is 22.8 Å². The van der Waals surface area contributed by atoms with E-state index >= 15 is 0 Å². The summed E-state index contributed by atoms with van der Waals surface area (Å²) in [6, 6.07) is 10.6. The molecule has 6 heteroatoms. The van der Waals surface area contributed by atoms with Crippen molar-refractivity contribution < 1.29 is 14.6 Å². The maximum atomic E-state index is 11.0. The van der Waals surface area contributed by atoms with Gasteiger partial charge in [-0.25, -0.2) is 9.78 Å². The highest BCUT2D eigenvalue weighted by Crippen LogP contribution is 2.28. The van der Waals surface area contributed by atoms with Crippen LogP contribution in [-0.4, -0.2) is 27.7 Å². The fraction of sp³-hybridized carbons (Fsp3) is 0.0667. The van der Waals surface area contributed by atoms with E-state index in [9.17, 15) is 4.79 Å². The number of fused-ring (bicyclic) bond motifs is 1. The second-order valence-electron chi connectivity index (χ2n) is 4.44. The van der Waals surface area contributed by atoms with Gasteiger partial charge in [0, 0.05) is 6.07 Å². The second-order valence-corrected chi connectivity index (χ2v) is 5.30. The minimum Gasteiger partial charge on any atom is -0.495 e. The monoisotopic (exact) mass is 346 g/mol. The van der Waals surface area contributed by atoms with Gasteiger partial charge in [-0.3, -0.25) is 4.57 Å². The summed E-state index contributed by atoms with van der Waals surface area (Å²) in [4.78, 5) is 15.2. The fourth-order valence-corrected chi connectivity index (χ4v) is 2.56. The lowest BCUT2D eigenvalue weighted by Crippen LogP contribution is -1.97. The number of nitrogens with zero attached hydrogens (tertiary/aromatic N) is 2. The van der Waals surface area contributed by atoms with Gasteiger partial charge in [-0.05, 0) is 46.3 Å². The first-order valence-corrected chi connectivity index (χ1v) is 6.94. The van der Waals surface area contributed by atoms with Crippen LogP contribution < -0.4 is 4.74 Å². The highest BCUT2D eigenvalue weighted by atomic mass is 79.9. The van der Waals surface area contributed by atoms with E-state index in [0.717, 1.165) is 21.4 Å². The van der Waals surface area contributed by atoms with Crippen molar-refractivity contribution in [3.8, 4) is 11.4 Å². The van der Waals surface area contributed by atoms with Crippen molar-refractivity contribution in [3.63, 3.8) is 0 Å². The molecule has 0 radical (unpaired) electrons. The number of halogens is 1. The van der Waals surface area contributed by atoms with Crippen LogP contribution >= 0.6 is 15.9 Å². The number of ether oxygens (including phenoxy) is 1. The summed E-state index contributed by atoms with van der Waals surface area (Å²) >= 11 is 3.41. The van der Waals surface area contributed by atoms with Crippen molar-refractivity contribution >= 4 is 32.9 Å². The molecule has 0 aliphatic heterocycles. The molecule has 0 aliphatic carbocycles. The molecule has 2 aromatic carbocycles. The number of benzene rings is 2. The Morgan fingerprint density at radius 1 is 1.29 bits per heavy atom. The molecule has 21 heavy (non-hydrogen) atoms. The topological polar surface area (TPSA) is 64.4 Å². The molecule has 5 nitrogen and oxygen atoms in total. The summed E-state index contributed by atoms with van der Waals surface area (Å²) in [5.74, 6) is -0.242. The Morgan fingerprint density at radius 2 is 2.10 bits per heavy atom. The van der Waals surface area contributed by atoms with Gasteiger partial charge in [0.15, 0.2) is 0 Å². The highest BCUT2D eigenvalue weighted by Gasteiger charge is 2.10. The van der Waals surface area contributed by atoms with Gasteiger partial charge >= 0.3 is 5.97 Å². The van der Waals surface area contributed by atoms with Crippen LogP contribution in [0.3, 0.4) is 0 Å². The normalized spacial score (nSPS) is 10.8. The third-order valence-corrected chi connectivity index (χ3v) is 3.86. The Hall–Kier alpha value is -2.34. The van der Waals surface area contributed by atoms with Crippen molar-refractivity contribution in [3.05, 3.63) is 52.8 Å². The summed E-state index contributed by atoms with van der Waals surface area (Å²) in [7, 11) is 1.61. The first-order chi connectivity index (χ1) is 10.1. The molecule has 0 bridgehead atoms. The first kappa shape index (κ1) is 13.6. The zero-order chi connectivity index (χ0) is 15.0. The molecule has 0 spiro atoms. The maximum absolute atomic E-state index is 11.0. The molecule has 0 amide bonds. The predicted octanol–water partition coefficient (Wildman–Crippen LogP) is 3.49. The standard InChI is InChI=1S/C15H11BrN2O3/c1-21-14-7-10(3-4-11(14)16)18-8-17-12-6-9(15(19)20)2-5-13(12)18/h2-8H,1H3,(H,19,20). The van der Waals surface area contributed by atoms with Gasteiger partial charge in [0.05, 0.1) is 33.9 Å². The van der Waals surface area contributed by atoms with E-state index in [0.29, 0.717) is 5.52 Å². The lowest BCUT2D eigenvalue weighted by Gasteiger charge is -2.08. The number of aromatic nitrogens is 2. The Kier molecular flexibility index (Phi) is 3.39. The van der Waals surface area contributed by atoms with Crippen molar-refractivity contribution in [2.45, 2.75) is 0 Å². The molecule has 0 unspecified atom stereocenters. The Morgan fingerprint density at radius 3 is 2.81 bits per heavy atom. The van der Waals surface area contributed by atoms with E-state index in [1.165, 1.54) is 0 Å². The zero-order valence-electron chi connectivity index (χ0n) is 11.1. The number of carboxylic acids is 1. The van der Waals surface area contributed by atoms with Gasteiger partial charge in [0.1, 0.15) is 12.1 Å². The number of imidazole rings is 1. The second kappa shape index (κ2) is 5.21. The smallest absolute Gasteiger partial charge is 0.335 e. The average Bonchev–Trinajstić information content (AvgIpc) is 2.90. The summed E-state index contributed by atoms with van der Waals surface area (Å²) in [5, 5.41) is 9.01. The fourth-order valence-electron chi connectivity index (χ4n) is 2.15. The number of hydrogen-bond acceptors (Lipinski definition) is 3. The number of hydrogen-bond donors (Lipinski definition) is 1. The zero-order valence-corrected chi connectivity index (χ0v) is 12.7. The largest absolute Gasteiger partial charge is 0.495 e. The van der Waals surface area contributed by atoms with E-state index in [-0.39, 0.29) is 5.56 Å². The van der Waals surface area contributed by atoms with Crippen molar-refractivity contribution in [1.82, 2.24) is 9.55 Å². The molecule has 0 fully saturated rings. The van der Waals surface area contributed by atoms with Gasteiger partial charge in [-0.15, -0.1) is 0 Å². The van der Waals surface area contributed by atoms with Gasteiger partial charge in [-0.1, -0.05) is 0 Å². The van der Waals surface area contributed by atoms with E-state index < -0.39 is 5.97 Å². The summed E-state index contributed by atoms with van der Waals surface area (Å²) in [6.07, 6.45) is 1.67. The lowest BCUT2D eigenvalue weighted by atomic mass is 10.2. The van der Waals surface area contributed by atoms with Gasteiger partial charge in [0.25, 0.3) is 0 Å². The van der Waals surface area contributed by atoms with Gasteiger partial charge in [0.2, 0.25) is 0 Å². The number of aromatic carboxylic acids is 1. The van der Waals surface area contributed by atoms with E-state index in [4.69, 9.17) is 9.84 Å². The van der Waals surface area contributed by atoms with Gasteiger partial charge < -0.3 is 9.84 Å². The summed E-state index contributed by atoms with van der Waals surface area (Å²) in [6.45, 7) is 0. The summed E-state index contributed by atoms with van der Waals surface area (Å²) < 4.78 is 8.04. The van der Waals surface area contributed by atoms with Crippen LogP contribution in [0.4, 0.5) is 0 Å². The molecule has 1 aromatic heterocycles. The van der Waals surface area contributed by atoms with Gasteiger partial charge in [-0.2, -0.15) is 0 Å². The van der Waals surface area contributed by atoms with E-state index in [1.54, 1.807) is 31.6 Å². The number of methoxy groups -OCH3 is 1. The average molecular weight is 347 g/mol. The minimum absolute atomic E-state index is 0.223. The van der Waals surface area contributed by atoms with Crippen LogP contribution in [0.15, 0.2) is 47.2 Å².